The second kappa shape index (κ2) is 5.93. The zero-order valence-electron chi connectivity index (χ0n) is 9.36. The lowest BCUT2D eigenvalue weighted by atomic mass is 10.0. The molecule has 0 aliphatic carbocycles. The van der Waals surface area contributed by atoms with E-state index in [4.69, 9.17) is 0 Å². The van der Waals surface area contributed by atoms with E-state index in [0.717, 1.165) is 12.1 Å². The van der Waals surface area contributed by atoms with Gasteiger partial charge < -0.3 is 0 Å². The monoisotopic (exact) mass is 266 g/mol. The van der Waals surface area contributed by atoms with Crippen molar-refractivity contribution in [3.63, 3.8) is 0 Å². The van der Waals surface area contributed by atoms with Gasteiger partial charge in [-0.1, -0.05) is 6.07 Å². The first-order valence-corrected chi connectivity index (χ1v) is 5.30. The molecule has 0 spiro atoms. The molecule has 1 aromatic rings. The van der Waals surface area contributed by atoms with Gasteiger partial charge in [-0.2, -0.15) is 13.2 Å². The van der Waals surface area contributed by atoms with Crippen LogP contribution < -0.4 is 0 Å². The molecule has 0 unspecified atom stereocenters. The molecule has 1 nitrogen and oxygen atoms in total. The maximum atomic E-state index is 12.8. The highest BCUT2D eigenvalue weighted by Gasteiger charge is 2.26. The van der Waals surface area contributed by atoms with Crippen LogP contribution in [0, 0.1) is 11.6 Å². The minimum absolute atomic E-state index is 0.185. The first-order valence-electron chi connectivity index (χ1n) is 5.30. The minimum atomic E-state index is -4.28. The number of carbonyl (C=O) groups excluding carboxylic acids is 1. The first-order chi connectivity index (χ1) is 8.28. The van der Waals surface area contributed by atoms with Crippen LogP contribution in [0.4, 0.5) is 22.0 Å². The smallest absolute Gasteiger partial charge is 0.299 e. The highest BCUT2D eigenvalue weighted by molar-refractivity contribution is 5.80. The summed E-state index contributed by atoms with van der Waals surface area (Å²) >= 11 is 0. The van der Waals surface area contributed by atoms with Gasteiger partial charge in [0.15, 0.2) is 11.6 Å². The Labute approximate surface area is 101 Å². The van der Waals surface area contributed by atoms with Gasteiger partial charge in [0.25, 0.3) is 0 Å². The van der Waals surface area contributed by atoms with Crippen molar-refractivity contribution in [3.05, 3.63) is 35.4 Å². The lowest BCUT2D eigenvalue weighted by Crippen LogP contribution is -2.09. The summed E-state index contributed by atoms with van der Waals surface area (Å²) < 4.78 is 60.9. The highest BCUT2D eigenvalue weighted by atomic mass is 19.4. The average molecular weight is 266 g/mol. The quantitative estimate of drug-likeness (QED) is 0.741. The Morgan fingerprint density at radius 2 is 1.78 bits per heavy atom. The Bertz CT molecular complexity index is 425. The van der Waals surface area contributed by atoms with E-state index in [1.807, 2.05) is 0 Å². The van der Waals surface area contributed by atoms with Crippen LogP contribution in [-0.4, -0.2) is 12.0 Å². The van der Waals surface area contributed by atoms with Crippen molar-refractivity contribution >= 4 is 5.78 Å². The molecular weight excluding hydrogens is 255 g/mol. The van der Waals surface area contributed by atoms with Gasteiger partial charge in [0, 0.05) is 19.3 Å². The molecule has 0 amide bonds. The predicted molar refractivity (Wildman–Crippen MR) is 55.0 cm³/mol. The second-order valence-electron chi connectivity index (χ2n) is 3.93. The lowest BCUT2D eigenvalue weighted by Gasteiger charge is -2.05. The third kappa shape index (κ3) is 5.25. The standard InChI is InChI=1S/C12H11F5O/c13-10-4-3-8(7-11(10)14)6-9(18)2-1-5-12(15,16)17/h3-4,7H,1-2,5-6H2. The van der Waals surface area contributed by atoms with Gasteiger partial charge in [0.05, 0.1) is 0 Å². The van der Waals surface area contributed by atoms with Crippen LogP contribution in [0.15, 0.2) is 18.2 Å². The summed E-state index contributed by atoms with van der Waals surface area (Å²) in [5, 5.41) is 0. The lowest BCUT2D eigenvalue weighted by molar-refractivity contribution is -0.137. The molecule has 0 fully saturated rings. The van der Waals surface area contributed by atoms with Crippen molar-refractivity contribution < 1.29 is 26.7 Å². The number of hydrogen-bond donors (Lipinski definition) is 0. The number of halogens is 5. The number of rotatable bonds is 5. The molecule has 0 bridgehead atoms. The first kappa shape index (κ1) is 14.6. The third-order valence-electron chi connectivity index (χ3n) is 2.30. The molecule has 0 saturated heterocycles. The predicted octanol–water partition coefficient (Wildman–Crippen LogP) is 3.81. The Kier molecular flexibility index (Phi) is 4.81. The van der Waals surface area contributed by atoms with E-state index >= 15 is 0 Å². The summed E-state index contributed by atoms with van der Waals surface area (Å²) in [6.07, 6.45) is -5.99. The van der Waals surface area contributed by atoms with Crippen molar-refractivity contribution in [3.8, 4) is 0 Å². The molecule has 0 radical (unpaired) electrons. The van der Waals surface area contributed by atoms with E-state index in [1.54, 1.807) is 0 Å². The van der Waals surface area contributed by atoms with Gasteiger partial charge in [0.2, 0.25) is 0 Å². The number of alkyl halides is 3. The SMILES string of the molecule is O=C(CCCC(F)(F)F)Cc1ccc(F)c(F)c1. The molecule has 0 N–H and O–H groups in total. The Balaban J connectivity index is 2.42. The van der Waals surface area contributed by atoms with E-state index in [9.17, 15) is 26.7 Å². The molecule has 0 saturated carbocycles. The molecule has 1 rings (SSSR count). The maximum absolute atomic E-state index is 12.8. The molecule has 0 aliphatic heterocycles. The summed E-state index contributed by atoms with van der Waals surface area (Å²) in [5.74, 6) is -2.52. The molecule has 6 heteroatoms. The number of benzene rings is 1. The normalized spacial score (nSPS) is 11.6. The van der Waals surface area contributed by atoms with E-state index in [-0.39, 0.29) is 24.8 Å². The second-order valence-corrected chi connectivity index (χ2v) is 3.93. The molecule has 0 aromatic heterocycles. The molecule has 0 heterocycles. The van der Waals surface area contributed by atoms with Crippen LogP contribution in [0.1, 0.15) is 24.8 Å². The highest BCUT2D eigenvalue weighted by Crippen LogP contribution is 2.22. The number of ketones is 1. The van der Waals surface area contributed by atoms with Crippen LogP contribution >= 0.6 is 0 Å². The molecular formula is C12H11F5O. The average Bonchev–Trinajstić information content (AvgIpc) is 2.21. The zero-order valence-corrected chi connectivity index (χ0v) is 9.36. The largest absolute Gasteiger partial charge is 0.389 e. The van der Waals surface area contributed by atoms with Crippen molar-refractivity contribution in [1.29, 1.82) is 0 Å². The van der Waals surface area contributed by atoms with E-state index < -0.39 is 30.0 Å². The van der Waals surface area contributed by atoms with Crippen molar-refractivity contribution in [2.75, 3.05) is 0 Å². The van der Waals surface area contributed by atoms with Gasteiger partial charge >= 0.3 is 6.18 Å². The molecule has 0 atom stereocenters. The summed E-state index contributed by atoms with van der Waals surface area (Å²) in [6.45, 7) is 0. The fourth-order valence-corrected chi connectivity index (χ4v) is 1.45. The molecule has 0 aliphatic rings. The van der Waals surface area contributed by atoms with Crippen LogP contribution in [0.3, 0.4) is 0 Å². The van der Waals surface area contributed by atoms with Gasteiger partial charge in [-0.05, 0) is 24.1 Å². The van der Waals surface area contributed by atoms with Crippen molar-refractivity contribution in [1.82, 2.24) is 0 Å². The fraction of sp³-hybridized carbons (Fsp3) is 0.417. The van der Waals surface area contributed by atoms with Crippen LogP contribution in [0.25, 0.3) is 0 Å². The number of Topliss-reactive ketones (excluding diaryl/α,β-unsaturated/α-hetero) is 1. The Morgan fingerprint density at radius 1 is 1.11 bits per heavy atom. The zero-order chi connectivity index (χ0) is 13.8. The Morgan fingerprint density at radius 3 is 2.33 bits per heavy atom. The third-order valence-corrected chi connectivity index (χ3v) is 2.30. The topological polar surface area (TPSA) is 17.1 Å². The van der Waals surface area contributed by atoms with E-state index in [2.05, 4.69) is 0 Å². The molecule has 18 heavy (non-hydrogen) atoms. The van der Waals surface area contributed by atoms with E-state index in [1.165, 1.54) is 6.07 Å². The fourth-order valence-electron chi connectivity index (χ4n) is 1.45. The number of hydrogen-bond acceptors (Lipinski definition) is 1. The van der Waals surface area contributed by atoms with Gasteiger partial charge in [-0.25, -0.2) is 8.78 Å². The summed E-state index contributed by atoms with van der Waals surface area (Å²) in [7, 11) is 0. The van der Waals surface area contributed by atoms with Crippen LogP contribution in [0.5, 0.6) is 0 Å². The molecule has 1 aromatic carbocycles. The summed E-state index contributed by atoms with van der Waals surface area (Å²) in [5.41, 5.74) is 0.255. The summed E-state index contributed by atoms with van der Waals surface area (Å²) in [4.78, 5) is 11.3. The maximum Gasteiger partial charge on any atom is 0.389 e. The summed E-state index contributed by atoms with van der Waals surface area (Å²) in [6, 6.07) is 2.99. The van der Waals surface area contributed by atoms with Crippen molar-refractivity contribution in [2.45, 2.75) is 31.9 Å². The van der Waals surface area contributed by atoms with Crippen molar-refractivity contribution in [2.24, 2.45) is 0 Å². The van der Waals surface area contributed by atoms with E-state index in [0.29, 0.717) is 0 Å². The Hall–Kier alpha value is -1.46. The van der Waals surface area contributed by atoms with Gasteiger partial charge in [0.1, 0.15) is 5.78 Å². The van der Waals surface area contributed by atoms with Gasteiger partial charge in [-0.3, -0.25) is 4.79 Å². The van der Waals surface area contributed by atoms with Crippen LogP contribution in [-0.2, 0) is 11.2 Å². The molecule has 100 valence electrons. The van der Waals surface area contributed by atoms with Crippen LogP contribution in [0.2, 0.25) is 0 Å². The van der Waals surface area contributed by atoms with Gasteiger partial charge in [-0.15, -0.1) is 0 Å². The number of carbonyl (C=O) groups is 1. The minimum Gasteiger partial charge on any atom is -0.299 e.